The van der Waals surface area contributed by atoms with E-state index in [1.165, 1.54) is 5.56 Å². The lowest BCUT2D eigenvalue weighted by atomic mass is 9.99. The minimum absolute atomic E-state index is 0.671. The first-order chi connectivity index (χ1) is 9.72. The van der Waals surface area contributed by atoms with E-state index in [0.717, 1.165) is 31.9 Å². The lowest BCUT2D eigenvalue weighted by Gasteiger charge is -2.39. The van der Waals surface area contributed by atoms with E-state index in [-0.39, 0.29) is 0 Å². The summed E-state index contributed by atoms with van der Waals surface area (Å²) in [5.41, 5.74) is 1.33. The van der Waals surface area contributed by atoms with Gasteiger partial charge in [-0.1, -0.05) is 23.7 Å². The smallest absolute Gasteiger partial charge is 0.118 e. The number of nitrogens with zero attached hydrogens (tertiary/aromatic N) is 3. The zero-order chi connectivity index (χ0) is 13.9. The van der Waals surface area contributed by atoms with Crippen LogP contribution in [0, 0.1) is 5.92 Å². The highest BCUT2D eigenvalue weighted by Crippen LogP contribution is 2.21. The Morgan fingerprint density at radius 1 is 1.30 bits per heavy atom. The molecule has 1 aliphatic heterocycles. The van der Waals surface area contributed by atoms with Gasteiger partial charge in [0.2, 0.25) is 0 Å². The van der Waals surface area contributed by atoms with E-state index in [0.29, 0.717) is 10.9 Å². The van der Waals surface area contributed by atoms with Crippen LogP contribution in [0.1, 0.15) is 5.56 Å². The molecule has 0 aliphatic carbocycles. The number of hydrogen-bond donors (Lipinski definition) is 0. The second-order valence-electron chi connectivity index (χ2n) is 5.29. The molecule has 0 unspecified atom stereocenters. The highest BCUT2D eigenvalue weighted by molar-refractivity contribution is 6.30. The van der Waals surface area contributed by atoms with Gasteiger partial charge in [0.05, 0.1) is 18.3 Å². The molecule has 0 amide bonds. The van der Waals surface area contributed by atoms with Crippen LogP contribution in [-0.2, 0) is 13.1 Å². The second kappa shape index (κ2) is 5.85. The summed E-state index contributed by atoms with van der Waals surface area (Å²) >= 11 is 5.86. The van der Waals surface area contributed by atoms with Crippen molar-refractivity contribution in [3.63, 3.8) is 0 Å². The minimum atomic E-state index is 0.671. The normalized spacial score (nSPS) is 16.1. The van der Waals surface area contributed by atoms with Gasteiger partial charge in [-0.25, -0.2) is 0 Å². The van der Waals surface area contributed by atoms with Crippen LogP contribution >= 0.6 is 11.6 Å². The summed E-state index contributed by atoms with van der Waals surface area (Å²) in [5.74, 6) is 1.58. The topological polar surface area (TPSA) is 30.3 Å². The van der Waals surface area contributed by atoms with Gasteiger partial charge in [0.1, 0.15) is 5.75 Å². The number of benzene rings is 1. The van der Waals surface area contributed by atoms with Crippen LogP contribution in [0.15, 0.2) is 36.7 Å². The second-order valence-corrected chi connectivity index (χ2v) is 5.73. The van der Waals surface area contributed by atoms with Crippen LogP contribution in [0.3, 0.4) is 0 Å². The van der Waals surface area contributed by atoms with E-state index < -0.39 is 0 Å². The van der Waals surface area contributed by atoms with Crippen molar-refractivity contribution < 1.29 is 4.74 Å². The van der Waals surface area contributed by atoms with Gasteiger partial charge in [-0.15, -0.1) is 0 Å². The summed E-state index contributed by atoms with van der Waals surface area (Å²) in [6.07, 6.45) is 3.57. The molecule has 1 aromatic heterocycles. The highest BCUT2D eigenvalue weighted by atomic mass is 35.5. The van der Waals surface area contributed by atoms with Gasteiger partial charge in [0.25, 0.3) is 0 Å². The zero-order valence-electron chi connectivity index (χ0n) is 11.5. The maximum Gasteiger partial charge on any atom is 0.118 e. The van der Waals surface area contributed by atoms with E-state index >= 15 is 0 Å². The first-order valence-electron chi connectivity index (χ1n) is 6.76. The van der Waals surface area contributed by atoms with Crippen LogP contribution in [0.4, 0.5) is 0 Å². The third kappa shape index (κ3) is 3.14. The maximum atomic E-state index is 5.86. The molecule has 0 bridgehead atoms. The average molecular weight is 292 g/mol. The van der Waals surface area contributed by atoms with Crippen molar-refractivity contribution in [2.75, 3.05) is 20.2 Å². The van der Waals surface area contributed by atoms with Gasteiger partial charge in [-0.3, -0.25) is 9.58 Å². The minimum Gasteiger partial charge on any atom is -0.497 e. The number of hydrogen-bond acceptors (Lipinski definition) is 3. The monoisotopic (exact) mass is 291 g/mol. The summed E-state index contributed by atoms with van der Waals surface area (Å²) in [5, 5.41) is 4.93. The quantitative estimate of drug-likeness (QED) is 0.848. The molecule has 1 fully saturated rings. The average Bonchev–Trinajstić information content (AvgIpc) is 2.82. The molecule has 0 spiro atoms. The van der Waals surface area contributed by atoms with Gasteiger partial charge in [0, 0.05) is 38.3 Å². The first-order valence-corrected chi connectivity index (χ1v) is 7.14. The number of methoxy groups -OCH3 is 1. The molecule has 5 heteroatoms. The summed E-state index contributed by atoms with van der Waals surface area (Å²) < 4.78 is 7.09. The van der Waals surface area contributed by atoms with Crippen molar-refractivity contribution in [2.45, 2.75) is 13.1 Å². The SMILES string of the molecule is COc1ccc(CN2CC(Cn3cc(Cl)cn3)C2)cc1. The number of halogens is 1. The van der Waals surface area contributed by atoms with Crippen molar-refractivity contribution in [1.82, 2.24) is 14.7 Å². The molecular formula is C15H18ClN3O. The molecule has 4 nitrogen and oxygen atoms in total. The lowest BCUT2D eigenvalue weighted by molar-refractivity contribution is 0.0778. The molecule has 0 N–H and O–H groups in total. The van der Waals surface area contributed by atoms with E-state index in [4.69, 9.17) is 16.3 Å². The van der Waals surface area contributed by atoms with Crippen LogP contribution in [0.2, 0.25) is 5.02 Å². The van der Waals surface area contributed by atoms with Crippen molar-refractivity contribution in [1.29, 1.82) is 0 Å². The van der Waals surface area contributed by atoms with Gasteiger partial charge in [-0.2, -0.15) is 5.10 Å². The fraction of sp³-hybridized carbons (Fsp3) is 0.400. The molecule has 3 rings (SSSR count). The maximum absolute atomic E-state index is 5.86. The van der Waals surface area contributed by atoms with Crippen molar-refractivity contribution in [2.24, 2.45) is 5.92 Å². The Bertz CT molecular complexity index is 561. The van der Waals surface area contributed by atoms with E-state index in [9.17, 15) is 0 Å². The molecule has 0 saturated carbocycles. The largest absolute Gasteiger partial charge is 0.497 e. The predicted octanol–water partition coefficient (Wildman–Crippen LogP) is 2.68. The molecule has 1 aliphatic rings. The van der Waals surface area contributed by atoms with Crippen LogP contribution in [-0.4, -0.2) is 34.9 Å². The lowest BCUT2D eigenvalue weighted by Crippen LogP contribution is -2.47. The van der Waals surface area contributed by atoms with Gasteiger partial charge in [0.15, 0.2) is 0 Å². The van der Waals surface area contributed by atoms with Gasteiger partial charge in [-0.05, 0) is 17.7 Å². The standard InChI is InChI=1S/C15H18ClN3O/c1-20-15-4-2-12(3-5-15)7-18-8-13(9-18)10-19-11-14(16)6-17-19/h2-6,11,13H,7-10H2,1H3. The van der Waals surface area contributed by atoms with Gasteiger partial charge >= 0.3 is 0 Å². The molecule has 1 saturated heterocycles. The van der Waals surface area contributed by atoms with E-state index in [1.807, 2.05) is 23.0 Å². The van der Waals surface area contributed by atoms with E-state index in [1.54, 1.807) is 13.3 Å². The van der Waals surface area contributed by atoms with Crippen LogP contribution < -0.4 is 4.74 Å². The molecule has 1 aromatic carbocycles. The number of ether oxygens (including phenoxy) is 1. The third-order valence-corrected chi connectivity index (χ3v) is 3.84. The van der Waals surface area contributed by atoms with E-state index in [2.05, 4.69) is 22.1 Å². The Morgan fingerprint density at radius 2 is 2.05 bits per heavy atom. The summed E-state index contributed by atoms with van der Waals surface area (Å²) in [6.45, 7) is 4.18. The Balaban J connectivity index is 1.45. The number of rotatable bonds is 5. The molecular weight excluding hydrogens is 274 g/mol. The van der Waals surface area contributed by atoms with Crippen molar-refractivity contribution in [3.8, 4) is 5.75 Å². The number of aromatic nitrogens is 2. The van der Waals surface area contributed by atoms with Crippen LogP contribution in [0.25, 0.3) is 0 Å². The Hall–Kier alpha value is -1.52. The third-order valence-electron chi connectivity index (χ3n) is 3.65. The Kier molecular flexibility index (Phi) is 3.94. The van der Waals surface area contributed by atoms with Crippen molar-refractivity contribution >= 4 is 11.6 Å². The van der Waals surface area contributed by atoms with Crippen molar-refractivity contribution in [3.05, 3.63) is 47.2 Å². The molecule has 106 valence electrons. The Morgan fingerprint density at radius 3 is 2.65 bits per heavy atom. The molecule has 2 aromatic rings. The fourth-order valence-corrected chi connectivity index (χ4v) is 2.77. The Labute approximate surface area is 123 Å². The van der Waals surface area contributed by atoms with Crippen LogP contribution in [0.5, 0.6) is 5.75 Å². The zero-order valence-corrected chi connectivity index (χ0v) is 12.3. The molecule has 0 atom stereocenters. The summed E-state index contributed by atoms with van der Waals surface area (Å²) in [7, 11) is 1.69. The molecule has 0 radical (unpaired) electrons. The molecule has 20 heavy (non-hydrogen) atoms. The molecule has 2 heterocycles. The highest BCUT2D eigenvalue weighted by Gasteiger charge is 2.26. The number of likely N-dealkylation sites (tertiary alicyclic amines) is 1. The summed E-state index contributed by atoms with van der Waals surface area (Å²) in [6, 6.07) is 8.27. The predicted molar refractivity (Wildman–Crippen MR) is 79.0 cm³/mol. The fourth-order valence-electron chi connectivity index (χ4n) is 2.61. The summed E-state index contributed by atoms with van der Waals surface area (Å²) in [4.78, 5) is 2.44. The first kappa shape index (κ1) is 13.5. The van der Waals surface area contributed by atoms with Gasteiger partial charge < -0.3 is 4.74 Å².